The molecule has 0 amide bonds. The van der Waals surface area contributed by atoms with Crippen LogP contribution in [-0.4, -0.2) is 13.8 Å². The topological polar surface area (TPSA) is 6.48 Å². The van der Waals surface area contributed by atoms with E-state index in [0.29, 0.717) is 0 Å². The first-order valence-corrected chi connectivity index (χ1v) is 15.1. The highest BCUT2D eigenvalue weighted by Crippen LogP contribution is 2.43. The fourth-order valence-corrected chi connectivity index (χ4v) is 6.65. The molecule has 210 valence electrons. The maximum Gasteiger partial charge on any atom is 0.252 e. The van der Waals surface area contributed by atoms with Crippen LogP contribution < -0.4 is 26.2 Å². The Morgan fingerprint density at radius 1 is 0.512 bits per heavy atom. The van der Waals surface area contributed by atoms with E-state index >= 15 is 0 Å². The maximum absolute atomic E-state index is 2.51. The van der Waals surface area contributed by atoms with Crippen molar-refractivity contribution in [3.63, 3.8) is 0 Å². The van der Waals surface area contributed by atoms with E-state index in [4.69, 9.17) is 0 Å². The fraction of sp³-hybridized carbons (Fsp3) is 0.368. The SMILES string of the molecule is Cc1cc2c3c(c1)N(c1ccc(C(C)(C)C)cc1)c1ccc(C(C)(C)C)cc1B3c1ccc(C(C)(C)C)cc1N2C. The van der Waals surface area contributed by atoms with Gasteiger partial charge in [-0.05, 0) is 98.2 Å². The molecule has 2 aliphatic heterocycles. The summed E-state index contributed by atoms with van der Waals surface area (Å²) in [6.07, 6.45) is 0. The van der Waals surface area contributed by atoms with Crippen LogP contribution in [-0.2, 0) is 16.2 Å². The molecule has 2 heterocycles. The zero-order valence-corrected chi connectivity index (χ0v) is 26.9. The number of aryl methyl sites for hydroxylation is 1. The number of fused-ring (bicyclic) bond motifs is 4. The predicted molar refractivity (Wildman–Crippen MR) is 181 cm³/mol. The molecule has 3 heteroatoms. The van der Waals surface area contributed by atoms with Crippen molar-refractivity contribution >= 4 is 51.5 Å². The third-order valence-electron chi connectivity index (χ3n) is 9.18. The summed E-state index contributed by atoms with van der Waals surface area (Å²) in [5.74, 6) is 0. The van der Waals surface area contributed by atoms with Crippen LogP contribution in [0.1, 0.15) is 84.6 Å². The molecule has 4 aromatic rings. The van der Waals surface area contributed by atoms with E-state index < -0.39 is 0 Å². The van der Waals surface area contributed by atoms with Crippen molar-refractivity contribution in [1.82, 2.24) is 0 Å². The molecule has 0 spiro atoms. The Kier molecular flexibility index (Phi) is 6.09. The lowest BCUT2D eigenvalue weighted by Crippen LogP contribution is -2.61. The van der Waals surface area contributed by atoms with Crippen molar-refractivity contribution < 1.29 is 0 Å². The van der Waals surface area contributed by atoms with Crippen LogP contribution in [0.3, 0.4) is 0 Å². The van der Waals surface area contributed by atoms with Gasteiger partial charge in [0.05, 0.1) is 0 Å². The van der Waals surface area contributed by atoms with Crippen LogP contribution in [0.5, 0.6) is 0 Å². The molecular formula is C38H45BN2. The third kappa shape index (κ3) is 4.49. The van der Waals surface area contributed by atoms with Crippen LogP contribution in [0, 0.1) is 6.92 Å². The van der Waals surface area contributed by atoms with Gasteiger partial charge in [0, 0.05) is 35.5 Å². The Morgan fingerprint density at radius 3 is 1.66 bits per heavy atom. The smallest absolute Gasteiger partial charge is 0.252 e. The average Bonchev–Trinajstić information content (AvgIpc) is 2.88. The van der Waals surface area contributed by atoms with E-state index in [1.165, 1.54) is 67.1 Å². The first-order chi connectivity index (χ1) is 19.1. The van der Waals surface area contributed by atoms with E-state index in [-0.39, 0.29) is 23.0 Å². The van der Waals surface area contributed by atoms with Gasteiger partial charge in [-0.3, -0.25) is 0 Å². The Hall–Kier alpha value is -3.46. The normalized spacial score (nSPS) is 14.6. The summed E-state index contributed by atoms with van der Waals surface area (Å²) in [5, 5.41) is 0. The van der Waals surface area contributed by atoms with E-state index in [2.05, 4.69) is 159 Å². The number of nitrogens with zero attached hydrogens (tertiary/aromatic N) is 2. The van der Waals surface area contributed by atoms with Crippen LogP contribution in [0.4, 0.5) is 28.4 Å². The molecule has 0 aliphatic carbocycles. The molecule has 0 bridgehead atoms. The number of anilines is 5. The summed E-state index contributed by atoms with van der Waals surface area (Å²) in [4.78, 5) is 4.95. The lowest BCUT2D eigenvalue weighted by Gasteiger charge is -2.44. The van der Waals surface area contributed by atoms with Crippen molar-refractivity contribution in [3.8, 4) is 0 Å². The van der Waals surface area contributed by atoms with Gasteiger partial charge < -0.3 is 9.80 Å². The van der Waals surface area contributed by atoms with Crippen LogP contribution in [0.25, 0.3) is 0 Å². The third-order valence-corrected chi connectivity index (χ3v) is 9.18. The van der Waals surface area contributed by atoms with Gasteiger partial charge >= 0.3 is 0 Å². The number of benzene rings is 4. The van der Waals surface area contributed by atoms with Gasteiger partial charge in [0.2, 0.25) is 0 Å². The summed E-state index contributed by atoms with van der Waals surface area (Å²) >= 11 is 0. The minimum absolute atomic E-state index is 0.0645. The highest BCUT2D eigenvalue weighted by Gasteiger charge is 2.43. The van der Waals surface area contributed by atoms with Gasteiger partial charge in [-0.2, -0.15) is 0 Å². The molecule has 0 atom stereocenters. The number of hydrogen-bond donors (Lipinski definition) is 0. The molecule has 2 aliphatic rings. The second kappa shape index (κ2) is 9.02. The minimum Gasteiger partial charge on any atom is -0.345 e. The van der Waals surface area contributed by atoms with E-state index in [1.54, 1.807) is 0 Å². The fourth-order valence-electron chi connectivity index (χ4n) is 6.65. The van der Waals surface area contributed by atoms with Crippen molar-refractivity contribution in [2.45, 2.75) is 85.5 Å². The molecule has 0 saturated carbocycles. The van der Waals surface area contributed by atoms with Crippen LogP contribution >= 0.6 is 0 Å². The van der Waals surface area contributed by atoms with Crippen molar-refractivity contribution in [2.24, 2.45) is 0 Å². The molecule has 6 rings (SSSR count). The van der Waals surface area contributed by atoms with Gasteiger partial charge in [-0.15, -0.1) is 0 Å². The van der Waals surface area contributed by atoms with Crippen molar-refractivity contribution in [1.29, 1.82) is 0 Å². The van der Waals surface area contributed by atoms with Gasteiger partial charge in [0.25, 0.3) is 6.71 Å². The lowest BCUT2D eigenvalue weighted by molar-refractivity contribution is 0.590. The highest BCUT2D eigenvalue weighted by atomic mass is 15.2. The van der Waals surface area contributed by atoms with Crippen molar-refractivity contribution in [2.75, 3.05) is 16.8 Å². The standard InChI is InChI=1S/C38H45BN2/c1-24-20-33-35-34(21-24)41(28-16-12-25(13-17-28)36(2,3)4)31-19-15-26(37(5,6)7)22-30(31)39(35)29-18-14-27(38(8,9)10)23-32(29)40(33)11/h12-23H,1-11H3. The van der Waals surface area contributed by atoms with Crippen LogP contribution in [0.2, 0.25) is 0 Å². The molecule has 0 unspecified atom stereocenters. The lowest BCUT2D eigenvalue weighted by atomic mass is 9.33. The maximum atomic E-state index is 2.51. The first-order valence-electron chi connectivity index (χ1n) is 15.1. The molecule has 0 aromatic heterocycles. The van der Waals surface area contributed by atoms with Gasteiger partial charge in [0.1, 0.15) is 0 Å². The summed E-state index contributed by atoms with van der Waals surface area (Å²) in [6, 6.07) is 28.4. The molecule has 4 aromatic carbocycles. The van der Waals surface area contributed by atoms with Gasteiger partial charge in [-0.1, -0.05) is 98.7 Å². The first kappa shape index (κ1) is 27.7. The minimum atomic E-state index is 0.0645. The zero-order chi connectivity index (χ0) is 29.6. The average molecular weight is 541 g/mol. The quantitative estimate of drug-likeness (QED) is 0.198. The molecule has 0 saturated heterocycles. The zero-order valence-electron chi connectivity index (χ0n) is 26.9. The molecule has 0 radical (unpaired) electrons. The Morgan fingerprint density at radius 2 is 1.05 bits per heavy atom. The monoisotopic (exact) mass is 540 g/mol. The van der Waals surface area contributed by atoms with Gasteiger partial charge in [-0.25, -0.2) is 0 Å². The largest absolute Gasteiger partial charge is 0.345 e. The molecule has 41 heavy (non-hydrogen) atoms. The van der Waals surface area contributed by atoms with Crippen LogP contribution in [0.15, 0.2) is 72.8 Å². The molecule has 0 N–H and O–H groups in total. The highest BCUT2D eigenvalue weighted by molar-refractivity contribution is 7.00. The predicted octanol–water partition coefficient (Wildman–Crippen LogP) is 8.27. The van der Waals surface area contributed by atoms with E-state index in [9.17, 15) is 0 Å². The van der Waals surface area contributed by atoms with Gasteiger partial charge in [0.15, 0.2) is 0 Å². The summed E-state index contributed by atoms with van der Waals surface area (Å²) < 4.78 is 0. The molecule has 0 fully saturated rings. The Balaban J connectivity index is 1.66. The Labute approximate surface area is 248 Å². The summed E-state index contributed by atoms with van der Waals surface area (Å²) in [7, 11) is 2.25. The Bertz CT molecular complexity index is 1660. The molecule has 2 nitrogen and oxygen atoms in total. The summed E-state index contributed by atoms with van der Waals surface area (Å²) in [6.45, 7) is 23.2. The molecular weight excluding hydrogens is 495 g/mol. The summed E-state index contributed by atoms with van der Waals surface area (Å²) in [5.41, 5.74) is 16.3. The second-order valence-electron chi connectivity index (χ2n) is 15.4. The van der Waals surface area contributed by atoms with E-state index in [1.807, 2.05) is 0 Å². The second-order valence-corrected chi connectivity index (χ2v) is 15.4. The van der Waals surface area contributed by atoms with E-state index in [0.717, 1.165) is 0 Å². The number of hydrogen-bond acceptors (Lipinski definition) is 2. The number of rotatable bonds is 1. The van der Waals surface area contributed by atoms with Crippen molar-refractivity contribution in [3.05, 3.63) is 95.1 Å².